The number of hydrogen-bond acceptors (Lipinski definition) is 3. The largest absolute Gasteiger partial charge is 0.391 e. The van der Waals surface area contributed by atoms with Crippen molar-refractivity contribution in [1.29, 1.82) is 0 Å². The molecule has 1 aromatic carbocycles. The Morgan fingerprint density at radius 1 is 1.18 bits per heavy atom. The number of nitrogens with zero attached hydrogens (tertiary/aromatic N) is 2. The Hall–Kier alpha value is -2.66. The van der Waals surface area contributed by atoms with Crippen molar-refractivity contribution < 1.29 is 9.90 Å². The number of aliphatic hydroxyl groups excluding tert-OH is 1. The lowest BCUT2D eigenvalue weighted by Crippen LogP contribution is -2.33. The van der Waals surface area contributed by atoms with Crippen molar-refractivity contribution in [3.8, 4) is 0 Å². The first-order valence-corrected chi connectivity index (χ1v) is 7.16. The van der Waals surface area contributed by atoms with Gasteiger partial charge in [-0.15, -0.1) is 0 Å². The number of benzene rings is 1. The van der Waals surface area contributed by atoms with Gasteiger partial charge in [0, 0.05) is 19.2 Å². The minimum Gasteiger partial charge on any atom is -0.391 e. The first-order chi connectivity index (χ1) is 10.7. The molecule has 0 aliphatic rings. The van der Waals surface area contributed by atoms with E-state index in [4.69, 9.17) is 0 Å². The Morgan fingerprint density at radius 2 is 1.95 bits per heavy atom. The second-order valence-electron chi connectivity index (χ2n) is 5.13. The molecular weight excluding hydrogens is 278 g/mol. The molecule has 0 radical (unpaired) electrons. The van der Waals surface area contributed by atoms with Crippen LogP contribution >= 0.6 is 0 Å². The molecule has 0 spiro atoms. The molecule has 0 bridgehead atoms. The molecule has 0 fully saturated rings. The molecule has 2 heterocycles. The molecular formula is C17H17N3O2. The highest BCUT2D eigenvalue weighted by molar-refractivity contribution is 5.93. The molecule has 0 aliphatic heterocycles. The number of carbonyl (C=O) groups excluding carboxylic acids is 1. The summed E-state index contributed by atoms with van der Waals surface area (Å²) < 4.78 is 1.72. The lowest BCUT2D eigenvalue weighted by Gasteiger charge is -2.11. The Morgan fingerprint density at radius 3 is 2.77 bits per heavy atom. The molecule has 1 atom stereocenters. The molecule has 0 aliphatic carbocycles. The maximum Gasteiger partial charge on any atom is 0.270 e. The molecule has 3 aromatic rings. The number of pyridine rings is 1. The second-order valence-corrected chi connectivity index (χ2v) is 5.13. The third kappa shape index (κ3) is 3.15. The van der Waals surface area contributed by atoms with E-state index in [1.54, 1.807) is 10.6 Å². The third-order valence-electron chi connectivity index (χ3n) is 3.46. The number of fused-ring (bicyclic) bond motifs is 1. The van der Waals surface area contributed by atoms with Gasteiger partial charge < -0.3 is 10.4 Å². The van der Waals surface area contributed by atoms with Crippen molar-refractivity contribution in [2.75, 3.05) is 6.54 Å². The fourth-order valence-electron chi connectivity index (χ4n) is 2.36. The molecule has 3 rings (SSSR count). The van der Waals surface area contributed by atoms with Crippen LogP contribution in [0.3, 0.4) is 0 Å². The summed E-state index contributed by atoms with van der Waals surface area (Å²) in [6, 6.07) is 15.2. The van der Waals surface area contributed by atoms with Gasteiger partial charge >= 0.3 is 0 Å². The van der Waals surface area contributed by atoms with Gasteiger partial charge in [-0.3, -0.25) is 9.20 Å². The maximum atomic E-state index is 12.2. The summed E-state index contributed by atoms with van der Waals surface area (Å²) in [7, 11) is 0. The van der Waals surface area contributed by atoms with Crippen molar-refractivity contribution in [1.82, 2.24) is 14.7 Å². The number of imidazole rings is 1. The predicted molar refractivity (Wildman–Crippen MR) is 83.7 cm³/mol. The topological polar surface area (TPSA) is 66.6 Å². The summed E-state index contributed by atoms with van der Waals surface area (Å²) in [5.74, 6) is -0.245. The molecule has 1 amide bonds. The van der Waals surface area contributed by atoms with Crippen molar-refractivity contribution >= 4 is 11.6 Å². The van der Waals surface area contributed by atoms with Crippen LogP contribution in [0.1, 0.15) is 16.1 Å². The van der Waals surface area contributed by atoms with E-state index >= 15 is 0 Å². The Labute approximate surface area is 128 Å². The number of aromatic nitrogens is 2. The SMILES string of the molecule is O=C(NCC(O)Cc1ccccc1)c1cnc2ccccn12. The van der Waals surface area contributed by atoms with Gasteiger partial charge in [-0.05, 0) is 17.7 Å². The minimum absolute atomic E-state index is 0.202. The van der Waals surface area contributed by atoms with Crippen LogP contribution in [-0.2, 0) is 6.42 Å². The normalized spacial score (nSPS) is 12.2. The van der Waals surface area contributed by atoms with E-state index in [1.807, 2.05) is 48.5 Å². The fourth-order valence-corrected chi connectivity index (χ4v) is 2.36. The fraction of sp³-hybridized carbons (Fsp3) is 0.176. The Balaban J connectivity index is 1.60. The zero-order chi connectivity index (χ0) is 15.4. The zero-order valence-corrected chi connectivity index (χ0v) is 12.0. The Bertz CT molecular complexity index is 768. The van der Waals surface area contributed by atoms with Gasteiger partial charge in [-0.1, -0.05) is 36.4 Å². The van der Waals surface area contributed by atoms with Crippen LogP contribution in [0.2, 0.25) is 0 Å². The summed E-state index contributed by atoms with van der Waals surface area (Å²) in [6.07, 6.45) is 3.21. The van der Waals surface area contributed by atoms with Crippen LogP contribution < -0.4 is 5.32 Å². The van der Waals surface area contributed by atoms with Crippen LogP contribution in [0, 0.1) is 0 Å². The highest BCUT2D eigenvalue weighted by atomic mass is 16.3. The third-order valence-corrected chi connectivity index (χ3v) is 3.46. The molecule has 5 heteroatoms. The number of rotatable bonds is 5. The summed E-state index contributed by atoms with van der Waals surface area (Å²) >= 11 is 0. The van der Waals surface area contributed by atoms with E-state index in [0.29, 0.717) is 12.1 Å². The zero-order valence-electron chi connectivity index (χ0n) is 12.0. The highest BCUT2D eigenvalue weighted by Crippen LogP contribution is 2.06. The van der Waals surface area contributed by atoms with E-state index < -0.39 is 6.10 Å². The van der Waals surface area contributed by atoms with Gasteiger partial charge in [0.15, 0.2) is 0 Å². The number of carbonyl (C=O) groups is 1. The second kappa shape index (κ2) is 6.41. The average Bonchev–Trinajstić information content (AvgIpc) is 2.98. The predicted octanol–water partition coefficient (Wildman–Crippen LogP) is 1.67. The van der Waals surface area contributed by atoms with E-state index in [0.717, 1.165) is 11.2 Å². The van der Waals surface area contributed by atoms with E-state index in [9.17, 15) is 9.90 Å². The van der Waals surface area contributed by atoms with Gasteiger partial charge in [-0.2, -0.15) is 0 Å². The molecule has 112 valence electrons. The van der Waals surface area contributed by atoms with Gasteiger partial charge in [0.1, 0.15) is 11.3 Å². The molecule has 0 saturated heterocycles. The quantitative estimate of drug-likeness (QED) is 0.752. The van der Waals surface area contributed by atoms with Crippen molar-refractivity contribution in [2.24, 2.45) is 0 Å². The van der Waals surface area contributed by atoms with Crippen LogP contribution in [0.25, 0.3) is 5.65 Å². The number of amides is 1. The lowest BCUT2D eigenvalue weighted by atomic mass is 10.1. The van der Waals surface area contributed by atoms with Crippen LogP contribution in [0.5, 0.6) is 0 Å². The van der Waals surface area contributed by atoms with E-state index in [2.05, 4.69) is 10.3 Å². The average molecular weight is 295 g/mol. The van der Waals surface area contributed by atoms with Crippen LogP contribution in [0.4, 0.5) is 0 Å². The van der Waals surface area contributed by atoms with Crippen LogP contribution in [-0.4, -0.2) is 33.0 Å². The number of nitrogens with one attached hydrogen (secondary N) is 1. The maximum absolute atomic E-state index is 12.2. The lowest BCUT2D eigenvalue weighted by molar-refractivity contribution is 0.0910. The summed E-state index contributed by atoms with van der Waals surface area (Å²) in [5.41, 5.74) is 2.22. The summed E-state index contributed by atoms with van der Waals surface area (Å²) in [6.45, 7) is 0.202. The summed E-state index contributed by atoms with van der Waals surface area (Å²) in [4.78, 5) is 16.4. The standard InChI is InChI=1S/C17H17N3O2/c21-14(10-13-6-2-1-3-7-13)11-19-17(22)15-12-18-16-8-4-5-9-20(15)16/h1-9,12,14,21H,10-11H2,(H,19,22). The first kappa shape index (κ1) is 14.3. The van der Waals surface area contributed by atoms with Crippen molar-refractivity contribution in [2.45, 2.75) is 12.5 Å². The number of aliphatic hydroxyl groups is 1. The van der Waals surface area contributed by atoms with Gasteiger partial charge in [0.25, 0.3) is 5.91 Å². The molecule has 5 nitrogen and oxygen atoms in total. The van der Waals surface area contributed by atoms with Gasteiger partial charge in [0.05, 0.1) is 12.3 Å². The van der Waals surface area contributed by atoms with Gasteiger partial charge in [0.2, 0.25) is 0 Å². The monoisotopic (exact) mass is 295 g/mol. The minimum atomic E-state index is -0.620. The van der Waals surface area contributed by atoms with Crippen LogP contribution in [0.15, 0.2) is 60.9 Å². The molecule has 2 N–H and O–H groups in total. The highest BCUT2D eigenvalue weighted by Gasteiger charge is 2.13. The Kier molecular flexibility index (Phi) is 4.16. The molecule has 22 heavy (non-hydrogen) atoms. The van der Waals surface area contributed by atoms with Gasteiger partial charge in [-0.25, -0.2) is 4.98 Å². The molecule has 0 saturated carbocycles. The number of hydrogen-bond donors (Lipinski definition) is 2. The van der Waals surface area contributed by atoms with Crippen molar-refractivity contribution in [3.05, 3.63) is 72.2 Å². The van der Waals surface area contributed by atoms with E-state index in [1.165, 1.54) is 6.20 Å². The molecule has 2 aromatic heterocycles. The molecule has 1 unspecified atom stereocenters. The first-order valence-electron chi connectivity index (χ1n) is 7.16. The van der Waals surface area contributed by atoms with E-state index in [-0.39, 0.29) is 12.5 Å². The smallest absolute Gasteiger partial charge is 0.270 e. The van der Waals surface area contributed by atoms with Crippen molar-refractivity contribution in [3.63, 3.8) is 0 Å². The summed E-state index contributed by atoms with van der Waals surface area (Å²) in [5, 5.41) is 12.8.